The molecule has 3 aromatic rings. The number of amides is 1. The first-order valence-corrected chi connectivity index (χ1v) is 13.3. The van der Waals surface area contributed by atoms with Gasteiger partial charge in [0.1, 0.15) is 11.1 Å². The van der Waals surface area contributed by atoms with Crippen LogP contribution in [0, 0.1) is 6.92 Å². The summed E-state index contributed by atoms with van der Waals surface area (Å²) in [6, 6.07) is 10.4. The molecule has 8 heteroatoms. The second-order valence-corrected chi connectivity index (χ2v) is 10.7. The molecule has 0 N–H and O–H groups in total. The number of esters is 1. The summed E-state index contributed by atoms with van der Waals surface area (Å²) in [7, 11) is 0. The van der Waals surface area contributed by atoms with Gasteiger partial charge in [0.05, 0.1) is 25.1 Å². The van der Waals surface area contributed by atoms with Crippen molar-refractivity contribution in [3.05, 3.63) is 70.3 Å². The van der Waals surface area contributed by atoms with Crippen molar-refractivity contribution in [3.8, 4) is 0 Å². The Labute approximate surface area is 224 Å². The molecule has 38 heavy (non-hydrogen) atoms. The molecule has 1 atom stereocenters. The number of hydrogen-bond acceptors (Lipinski definition) is 6. The molecule has 0 spiro atoms. The van der Waals surface area contributed by atoms with E-state index in [1.165, 1.54) is 5.56 Å². The van der Waals surface area contributed by atoms with Crippen LogP contribution < -0.4 is 0 Å². The number of carbonyl (C=O) groups is 2. The second kappa shape index (κ2) is 11.4. The lowest BCUT2D eigenvalue weighted by molar-refractivity contribution is -0.143. The van der Waals surface area contributed by atoms with Crippen molar-refractivity contribution in [2.24, 2.45) is 0 Å². The van der Waals surface area contributed by atoms with E-state index in [9.17, 15) is 9.59 Å². The number of fused-ring (bicyclic) bond motifs is 2. The number of aromatic nitrogens is 3. The van der Waals surface area contributed by atoms with Crippen molar-refractivity contribution in [3.63, 3.8) is 0 Å². The van der Waals surface area contributed by atoms with Gasteiger partial charge >= 0.3 is 12.1 Å². The van der Waals surface area contributed by atoms with Crippen LogP contribution in [-0.4, -0.2) is 50.7 Å². The van der Waals surface area contributed by atoms with Gasteiger partial charge in [0.15, 0.2) is 0 Å². The van der Waals surface area contributed by atoms with Crippen LogP contribution in [0.3, 0.4) is 0 Å². The van der Waals surface area contributed by atoms with Crippen LogP contribution in [0.15, 0.2) is 42.5 Å². The highest BCUT2D eigenvalue weighted by Gasteiger charge is 2.28. The third kappa shape index (κ3) is 6.06. The molecule has 4 rings (SSSR count). The zero-order chi connectivity index (χ0) is 27.4. The Hall–Kier alpha value is -3.68. The Morgan fingerprint density at radius 3 is 2.66 bits per heavy atom. The molecular formula is C30H38N4O4. The maximum absolute atomic E-state index is 12.7. The first kappa shape index (κ1) is 27.4. The fourth-order valence-electron chi connectivity index (χ4n) is 4.97. The number of nitrogens with zero attached hydrogens (tertiary/aromatic N) is 4. The van der Waals surface area contributed by atoms with Gasteiger partial charge in [-0.15, -0.1) is 5.10 Å². The third-order valence-corrected chi connectivity index (χ3v) is 6.84. The van der Waals surface area contributed by atoms with E-state index >= 15 is 0 Å². The normalized spacial score (nSPS) is 14.5. The third-order valence-electron chi connectivity index (χ3n) is 6.84. The molecule has 8 nitrogen and oxygen atoms in total. The maximum Gasteiger partial charge on any atom is 0.410 e. The van der Waals surface area contributed by atoms with Crippen molar-refractivity contribution in [1.29, 1.82) is 0 Å². The minimum absolute atomic E-state index is 0.210. The molecule has 0 fully saturated rings. The van der Waals surface area contributed by atoms with Crippen molar-refractivity contribution in [2.45, 2.75) is 79.0 Å². The van der Waals surface area contributed by atoms with E-state index in [-0.39, 0.29) is 24.4 Å². The predicted octanol–water partition coefficient (Wildman–Crippen LogP) is 5.69. The van der Waals surface area contributed by atoms with E-state index < -0.39 is 5.60 Å². The fraction of sp³-hybridized carbons (Fsp3) is 0.467. The summed E-state index contributed by atoms with van der Waals surface area (Å²) in [5, 5.41) is 8.80. The zero-order valence-electron chi connectivity index (χ0n) is 23.3. The number of rotatable bonds is 7. The van der Waals surface area contributed by atoms with Crippen LogP contribution in [0.5, 0.6) is 0 Å². The lowest BCUT2D eigenvalue weighted by atomic mass is 9.83. The molecule has 2 aromatic carbocycles. The lowest BCUT2D eigenvalue weighted by Gasteiger charge is -2.32. The van der Waals surface area contributed by atoms with Crippen LogP contribution in [0.2, 0.25) is 0 Å². The number of aryl methyl sites for hydroxylation is 1. The van der Waals surface area contributed by atoms with Gasteiger partial charge in [-0.05, 0) is 81.8 Å². The van der Waals surface area contributed by atoms with Gasteiger partial charge in [0, 0.05) is 19.0 Å². The van der Waals surface area contributed by atoms with Crippen LogP contribution in [0.25, 0.3) is 11.0 Å². The first-order chi connectivity index (χ1) is 18.1. The summed E-state index contributed by atoms with van der Waals surface area (Å²) in [5.74, 6) is -0.469. The quantitative estimate of drug-likeness (QED) is 0.295. The minimum Gasteiger partial charge on any atom is -0.466 e. The van der Waals surface area contributed by atoms with E-state index in [4.69, 9.17) is 9.47 Å². The Balaban J connectivity index is 1.70. The van der Waals surface area contributed by atoms with Gasteiger partial charge in [-0.1, -0.05) is 41.6 Å². The average molecular weight is 519 g/mol. The summed E-state index contributed by atoms with van der Waals surface area (Å²) in [6.45, 7) is 13.5. The molecular weight excluding hydrogens is 480 g/mol. The van der Waals surface area contributed by atoms with Crippen LogP contribution >= 0.6 is 0 Å². The SMILES string of the molecule is C/C=C/Cn1nnc2c(C)c(C(CC(=O)OCC)c3ccc4c(c3)CN(C(=O)OC(C)(C)C)CC4)ccc21. The topological polar surface area (TPSA) is 86.6 Å². The Morgan fingerprint density at radius 2 is 1.95 bits per heavy atom. The van der Waals surface area contributed by atoms with Crippen molar-refractivity contribution >= 4 is 23.1 Å². The Kier molecular flexibility index (Phi) is 8.19. The van der Waals surface area contributed by atoms with Gasteiger partial charge in [-0.3, -0.25) is 4.79 Å². The fourth-order valence-corrected chi connectivity index (χ4v) is 4.97. The van der Waals surface area contributed by atoms with Crippen molar-refractivity contribution in [1.82, 2.24) is 19.9 Å². The van der Waals surface area contributed by atoms with E-state index in [0.717, 1.165) is 39.7 Å². The molecule has 0 aliphatic carbocycles. The van der Waals surface area contributed by atoms with Gasteiger partial charge in [0.25, 0.3) is 0 Å². The van der Waals surface area contributed by atoms with Gasteiger partial charge in [-0.25, -0.2) is 9.48 Å². The van der Waals surface area contributed by atoms with Crippen LogP contribution in [-0.2, 0) is 33.8 Å². The monoisotopic (exact) mass is 518 g/mol. The molecule has 1 aromatic heterocycles. The highest BCUT2D eigenvalue weighted by Crippen LogP contribution is 2.35. The molecule has 2 heterocycles. The molecule has 1 aliphatic rings. The van der Waals surface area contributed by atoms with Crippen molar-refractivity contribution in [2.75, 3.05) is 13.2 Å². The van der Waals surface area contributed by atoms with E-state index in [0.29, 0.717) is 26.2 Å². The highest BCUT2D eigenvalue weighted by atomic mass is 16.6. The number of benzene rings is 2. The van der Waals surface area contributed by atoms with E-state index in [2.05, 4.69) is 34.6 Å². The molecule has 1 unspecified atom stereocenters. The van der Waals surface area contributed by atoms with Crippen LogP contribution in [0.1, 0.15) is 74.8 Å². The van der Waals surface area contributed by atoms with Crippen molar-refractivity contribution < 1.29 is 19.1 Å². The number of allylic oxidation sites excluding steroid dienone is 2. The van der Waals surface area contributed by atoms with Gasteiger partial charge in [0.2, 0.25) is 0 Å². The summed E-state index contributed by atoms with van der Waals surface area (Å²) in [5.41, 5.74) is 6.54. The van der Waals surface area contributed by atoms with Gasteiger partial charge < -0.3 is 14.4 Å². The molecule has 0 saturated heterocycles. The maximum atomic E-state index is 12.7. The molecule has 0 saturated carbocycles. The predicted molar refractivity (Wildman–Crippen MR) is 147 cm³/mol. The summed E-state index contributed by atoms with van der Waals surface area (Å²) in [4.78, 5) is 27.2. The minimum atomic E-state index is -0.547. The standard InChI is InChI=1S/C30H38N4O4/c1-7-9-15-34-26-13-12-24(20(3)28(26)31-32-34)25(18-27(35)37-8-2)22-11-10-21-14-16-33(19-23(21)17-22)29(36)38-30(4,5)6/h7,9-13,17,25H,8,14-16,18-19H2,1-6H3/b9-7+. The summed E-state index contributed by atoms with van der Waals surface area (Å²) < 4.78 is 12.8. The van der Waals surface area contributed by atoms with Gasteiger partial charge in [-0.2, -0.15) is 0 Å². The highest BCUT2D eigenvalue weighted by molar-refractivity contribution is 5.80. The summed E-state index contributed by atoms with van der Waals surface area (Å²) in [6.07, 6.45) is 4.69. The largest absolute Gasteiger partial charge is 0.466 e. The van der Waals surface area contributed by atoms with Crippen LogP contribution in [0.4, 0.5) is 4.79 Å². The lowest BCUT2D eigenvalue weighted by Crippen LogP contribution is -2.39. The smallest absolute Gasteiger partial charge is 0.410 e. The molecule has 0 radical (unpaired) electrons. The second-order valence-electron chi connectivity index (χ2n) is 10.7. The number of carbonyl (C=O) groups excluding carboxylic acids is 2. The molecule has 1 amide bonds. The van der Waals surface area contributed by atoms with E-state index in [1.54, 1.807) is 4.90 Å². The zero-order valence-corrected chi connectivity index (χ0v) is 23.3. The Morgan fingerprint density at radius 1 is 1.16 bits per heavy atom. The summed E-state index contributed by atoms with van der Waals surface area (Å²) >= 11 is 0. The first-order valence-electron chi connectivity index (χ1n) is 13.3. The Bertz CT molecular complexity index is 1350. The number of ether oxygens (including phenoxy) is 2. The molecule has 1 aliphatic heterocycles. The number of hydrogen-bond donors (Lipinski definition) is 0. The van der Waals surface area contributed by atoms with E-state index in [1.807, 2.05) is 64.4 Å². The molecule has 0 bridgehead atoms. The average Bonchev–Trinajstić information content (AvgIpc) is 3.29. The molecule has 202 valence electrons.